The number of hydrogen-bond acceptors (Lipinski definition) is 7. The first-order chi connectivity index (χ1) is 16.6. The SMILES string of the molecule is COc1cc(C)c(Sc2cnc(NC(=O)C3CC3)s2)cc1C(=O)N1CCN(C(=O)C(F)(F)F)CC1. The second kappa shape index (κ2) is 10.1. The molecule has 0 bridgehead atoms. The molecule has 188 valence electrons. The van der Waals surface area contributed by atoms with Gasteiger partial charge in [0.25, 0.3) is 5.91 Å². The van der Waals surface area contributed by atoms with Gasteiger partial charge in [-0.1, -0.05) is 23.1 Å². The third-order valence-electron chi connectivity index (χ3n) is 5.70. The Morgan fingerprint density at radius 3 is 2.40 bits per heavy atom. The van der Waals surface area contributed by atoms with Crippen molar-refractivity contribution in [2.45, 2.75) is 35.0 Å². The van der Waals surface area contributed by atoms with Crippen molar-refractivity contribution < 1.29 is 32.3 Å². The number of benzene rings is 1. The van der Waals surface area contributed by atoms with E-state index in [1.54, 1.807) is 18.3 Å². The van der Waals surface area contributed by atoms with Crippen LogP contribution in [0.15, 0.2) is 27.4 Å². The molecule has 1 saturated carbocycles. The molecular weight excluding hydrogens is 505 g/mol. The van der Waals surface area contributed by atoms with Crippen molar-refractivity contribution in [1.82, 2.24) is 14.8 Å². The lowest BCUT2D eigenvalue weighted by Gasteiger charge is -2.35. The molecule has 2 heterocycles. The molecule has 1 aromatic heterocycles. The van der Waals surface area contributed by atoms with Gasteiger partial charge in [0.1, 0.15) is 5.75 Å². The summed E-state index contributed by atoms with van der Waals surface area (Å²) in [5, 5.41) is 3.32. The van der Waals surface area contributed by atoms with Crippen LogP contribution in [0.2, 0.25) is 0 Å². The molecule has 3 amide bonds. The zero-order valence-corrected chi connectivity index (χ0v) is 20.6. The fourth-order valence-electron chi connectivity index (χ4n) is 3.60. The number of nitrogens with zero attached hydrogens (tertiary/aromatic N) is 3. The van der Waals surface area contributed by atoms with Gasteiger partial charge in [0.15, 0.2) is 5.13 Å². The summed E-state index contributed by atoms with van der Waals surface area (Å²) < 4.78 is 44.3. The largest absolute Gasteiger partial charge is 0.496 e. The first kappa shape index (κ1) is 25.3. The molecule has 35 heavy (non-hydrogen) atoms. The highest BCUT2D eigenvalue weighted by Crippen LogP contribution is 2.39. The van der Waals surface area contributed by atoms with Crippen LogP contribution in [0.1, 0.15) is 28.8 Å². The van der Waals surface area contributed by atoms with E-state index in [1.807, 2.05) is 6.92 Å². The van der Waals surface area contributed by atoms with Crippen LogP contribution >= 0.6 is 23.1 Å². The Kier molecular flexibility index (Phi) is 7.27. The third kappa shape index (κ3) is 5.89. The van der Waals surface area contributed by atoms with Gasteiger partial charge >= 0.3 is 12.1 Å². The maximum atomic E-state index is 13.2. The summed E-state index contributed by atoms with van der Waals surface area (Å²) in [4.78, 5) is 43.8. The molecule has 1 saturated heterocycles. The van der Waals surface area contributed by atoms with Crippen LogP contribution in [0.4, 0.5) is 18.3 Å². The number of piperazine rings is 1. The van der Waals surface area contributed by atoms with Gasteiger partial charge in [-0.05, 0) is 37.5 Å². The first-order valence-electron chi connectivity index (χ1n) is 10.9. The van der Waals surface area contributed by atoms with Gasteiger partial charge in [0.05, 0.1) is 23.1 Å². The van der Waals surface area contributed by atoms with Crippen LogP contribution in [0.5, 0.6) is 5.75 Å². The number of ether oxygens (including phenoxy) is 1. The number of hydrogen-bond donors (Lipinski definition) is 1. The van der Waals surface area contributed by atoms with Crippen LogP contribution in [-0.4, -0.2) is 72.0 Å². The number of amides is 3. The van der Waals surface area contributed by atoms with Crippen LogP contribution in [0.3, 0.4) is 0 Å². The molecule has 2 fully saturated rings. The first-order valence-corrected chi connectivity index (χ1v) is 12.5. The highest BCUT2D eigenvalue weighted by Gasteiger charge is 2.43. The second-order valence-electron chi connectivity index (χ2n) is 8.25. The molecule has 0 spiro atoms. The van der Waals surface area contributed by atoms with Crippen molar-refractivity contribution in [3.05, 3.63) is 29.5 Å². The van der Waals surface area contributed by atoms with Gasteiger partial charge in [-0.25, -0.2) is 4.98 Å². The van der Waals surface area contributed by atoms with Crippen molar-refractivity contribution in [2.24, 2.45) is 5.92 Å². The van der Waals surface area contributed by atoms with Gasteiger partial charge in [-0.15, -0.1) is 0 Å². The number of rotatable bonds is 6. The number of carbonyl (C=O) groups excluding carboxylic acids is 3. The minimum atomic E-state index is -4.93. The maximum absolute atomic E-state index is 13.2. The number of methoxy groups -OCH3 is 1. The number of nitrogens with one attached hydrogen (secondary N) is 1. The van der Waals surface area contributed by atoms with E-state index >= 15 is 0 Å². The monoisotopic (exact) mass is 528 g/mol. The van der Waals surface area contributed by atoms with Crippen LogP contribution in [0, 0.1) is 12.8 Å². The van der Waals surface area contributed by atoms with E-state index in [1.165, 1.54) is 35.1 Å². The highest BCUT2D eigenvalue weighted by atomic mass is 32.2. The fraction of sp³-hybridized carbons (Fsp3) is 0.455. The van der Waals surface area contributed by atoms with Crippen LogP contribution < -0.4 is 10.1 Å². The topological polar surface area (TPSA) is 91.8 Å². The number of halogens is 3. The molecule has 1 N–H and O–H groups in total. The summed E-state index contributed by atoms with van der Waals surface area (Å²) in [6.45, 7) is 1.45. The predicted molar refractivity (Wildman–Crippen MR) is 124 cm³/mol. The van der Waals surface area contributed by atoms with Gasteiger partial charge < -0.3 is 19.9 Å². The van der Waals surface area contributed by atoms with E-state index in [4.69, 9.17) is 4.74 Å². The maximum Gasteiger partial charge on any atom is 0.471 e. The molecule has 0 atom stereocenters. The average molecular weight is 529 g/mol. The quantitative estimate of drug-likeness (QED) is 0.613. The van der Waals surface area contributed by atoms with Gasteiger partial charge in [0, 0.05) is 37.0 Å². The molecule has 0 radical (unpaired) electrons. The Morgan fingerprint density at radius 2 is 1.80 bits per heavy atom. The summed E-state index contributed by atoms with van der Waals surface area (Å²) in [5.41, 5.74) is 1.14. The van der Waals surface area contributed by atoms with E-state index in [0.29, 0.717) is 15.8 Å². The molecule has 13 heteroatoms. The Labute approximate surface area is 207 Å². The molecule has 1 aliphatic carbocycles. The lowest BCUT2D eigenvalue weighted by atomic mass is 10.1. The summed E-state index contributed by atoms with van der Waals surface area (Å²) in [5.74, 6) is -1.88. The van der Waals surface area contributed by atoms with E-state index in [9.17, 15) is 27.6 Å². The summed E-state index contributed by atoms with van der Waals surface area (Å²) >= 11 is 2.72. The van der Waals surface area contributed by atoms with E-state index in [2.05, 4.69) is 10.3 Å². The molecule has 0 unspecified atom stereocenters. The molecule has 2 aromatic rings. The zero-order valence-electron chi connectivity index (χ0n) is 19.0. The Hall–Kier alpha value is -2.80. The Bertz CT molecular complexity index is 1140. The summed E-state index contributed by atoms with van der Waals surface area (Å²) in [6.07, 6.45) is -1.49. The minimum absolute atomic E-state index is 0.0148. The van der Waals surface area contributed by atoms with Crippen molar-refractivity contribution in [3.8, 4) is 5.75 Å². The molecule has 8 nitrogen and oxygen atoms in total. The van der Waals surface area contributed by atoms with Gasteiger partial charge in [0.2, 0.25) is 5.91 Å². The normalized spacial score (nSPS) is 16.3. The summed E-state index contributed by atoms with van der Waals surface area (Å²) in [6, 6.07) is 3.42. The van der Waals surface area contributed by atoms with Crippen LogP contribution in [0.25, 0.3) is 0 Å². The molecular formula is C22H23F3N4O4S2. The standard InChI is InChI=1S/C22H23F3N4O4S2/c1-12-9-15(33-2)14(19(31)28-5-7-29(8-6-28)20(32)22(23,24)25)10-16(12)34-17-11-26-21(35-17)27-18(30)13-3-4-13/h9-11,13H,3-8H2,1-2H3,(H,26,27,30). The molecule has 4 rings (SSSR count). The van der Waals surface area contributed by atoms with Crippen LogP contribution in [-0.2, 0) is 9.59 Å². The number of alkyl halides is 3. The van der Waals surface area contributed by atoms with E-state index < -0.39 is 12.1 Å². The minimum Gasteiger partial charge on any atom is -0.496 e. The third-order valence-corrected chi connectivity index (χ3v) is 7.87. The fourth-order valence-corrected chi connectivity index (χ4v) is 5.54. The van der Waals surface area contributed by atoms with Gasteiger partial charge in [-0.3, -0.25) is 14.4 Å². The number of anilines is 1. The van der Waals surface area contributed by atoms with Crippen molar-refractivity contribution in [2.75, 3.05) is 38.6 Å². The lowest BCUT2D eigenvalue weighted by molar-refractivity contribution is -0.186. The average Bonchev–Trinajstić information content (AvgIpc) is 3.59. The van der Waals surface area contributed by atoms with Crippen molar-refractivity contribution >= 4 is 46.0 Å². The molecule has 1 aromatic carbocycles. The smallest absolute Gasteiger partial charge is 0.471 e. The predicted octanol–water partition coefficient (Wildman–Crippen LogP) is 3.81. The molecule has 1 aliphatic heterocycles. The summed E-state index contributed by atoms with van der Waals surface area (Å²) in [7, 11) is 1.44. The molecule has 2 aliphatic rings. The highest BCUT2D eigenvalue weighted by molar-refractivity contribution is 8.01. The number of carbonyl (C=O) groups is 3. The zero-order chi connectivity index (χ0) is 25.3. The van der Waals surface area contributed by atoms with Gasteiger partial charge in [-0.2, -0.15) is 13.2 Å². The number of aryl methyl sites for hydroxylation is 1. The van der Waals surface area contributed by atoms with Crippen molar-refractivity contribution in [3.63, 3.8) is 0 Å². The van der Waals surface area contributed by atoms with E-state index in [-0.39, 0.29) is 49.5 Å². The lowest BCUT2D eigenvalue weighted by Crippen LogP contribution is -2.53. The Balaban J connectivity index is 1.46. The Morgan fingerprint density at radius 1 is 1.14 bits per heavy atom. The number of thiazole rings is 1. The second-order valence-corrected chi connectivity index (χ2v) is 10.6. The van der Waals surface area contributed by atoms with E-state index in [0.717, 1.165) is 27.5 Å². The van der Waals surface area contributed by atoms with Crippen molar-refractivity contribution in [1.29, 1.82) is 0 Å². The number of aromatic nitrogens is 1.